The summed E-state index contributed by atoms with van der Waals surface area (Å²) in [4.78, 5) is 17.0. The molecule has 0 saturated heterocycles. The van der Waals surface area contributed by atoms with E-state index in [2.05, 4.69) is 10.3 Å². The van der Waals surface area contributed by atoms with E-state index >= 15 is 0 Å². The Bertz CT molecular complexity index is 1230. The number of fused-ring (bicyclic) bond motifs is 1. The quantitative estimate of drug-likeness (QED) is 0.567. The number of nitrogens with zero attached hydrogens (tertiary/aromatic N) is 2. The highest BCUT2D eigenvalue weighted by atomic mass is 32.2. The normalized spacial score (nSPS) is 11.4. The van der Waals surface area contributed by atoms with Gasteiger partial charge in [0.25, 0.3) is 5.91 Å². The molecule has 0 unspecified atom stereocenters. The van der Waals surface area contributed by atoms with Crippen LogP contribution in [0.25, 0.3) is 5.65 Å². The Balaban J connectivity index is 1.46. The molecule has 0 radical (unpaired) electrons. The minimum Gasteiger partial charge on any atom is -0.348 e. The van der Waals surface area contributed by atoms with Gasteiger partial charge in [0, 0.05) is 30.7 Å². The van der Waals surface area contributed by atoms with Crippen LogP contribution < -0.4 is 5.32 Å². The summed E-state index contributed by atoms with van der Waals surface area (Å²) in [6, 6.07) is 18.0. The fourth-order valence-electron chi connectivity index (χ4n) is 2.87. The van der Waals surface area contributed by atoms with Gasteiger partial charge in [0.1, 0.15) is 5.65 Å². The van der Waals surface area contributed by atoms with Crippen molar-refractivity contribution < 1.29 is 13.2 Å². The molecule has 0 aliphatic heterocycles. The van der Waals surface area contributed by atoms with Crippen molar-refractivity contribution in [3.63, 3.8) is 0 Å². The zero-order valence-electron chi connectivity index (χ0n) is 14.8. The molecule has 0 atom stereocenters. The number of aromatic nitrogens is 2. The number of amides is 1. The highest BCUT2D eigenvalue weighted by molar-refractivity contribution is 7.91. The predicted octanol–water partition coefficient (Wildman–Crippen LogP) is 3.10. The van der Waals surface area contributed by atoms with Gasteiger partial charge in [0.05, 0.1) is 9.79 Å². The van der Waals surface area contributed by atoms with Gasteiger partial charge in [-0.05, 0) is 54.1 Å². The molecule has 2 aromatic heterocycles. The van der Waals surface area contributed by atoms with E-state index in [1.54, 1.807) is 36.5 Å². The van der Waals surface area contributed by atoms with Gasteiger partial charge < -0.3 is 9.72 Å². The third-order valence-electron chi connectivity index (χ3n) is 4.40. The summed E-state index contributed by atoms with van der Waals surface area (Å²) in [5.74, 6) is -0.271. The van der Waals surface area contributed by atoms with Crippen LogP contribution in [0.4, 0.5) is 0 Å². The minimum absolute atomic E-state index is 0.153. The third kappa shape index (κ3) is 3.52. The molecule has 0 saturated carbocycles. The van der Waals surface area contributed by atoms with Crippen molar-refractivity contribution in [2.24, 2.45) is 0 Å². The van der Waals surface area contributed by atoms with Gasteiger partial charge in [-0.25, -0.2) is 13.4 Å². The van der Waals surface area contributed by atoms with Crippen LogP contribution in [0.5, 0.6) is 0 Å². The monoisotopic (exact) mass is 391 g/mol. The second kappa shape index (κ2) is 7.28. The smallest absolute Gasteiger partial charge is 0.251 e. The molecule has 140 valence electrons. The van der Waals surface area contributed by atoms with E-state index in [9.17, 15) is 13.2 Å². The lowest BCUT2D eigenvalue weighted by atomic mass is 10.2. The first-order chi connectivity index (χ1) is 13.5. The van der Waals surface area contributed by atoms with E-state index < -0.39 is 9.84 Å². The molecule has 0 fully saturated rings. The van der Waals surface area contributed by atoms with Crippen molar-refractivity contribution in [1.82, 2.24) is 14.7 Å². The molecule has 6 nitrogen and oxygen atoms in total. The number of imidazole rings is 1. The van der Waals surface area contributed by atoms with Gasteiger partial charge in [-0.2, -0.15) is 0 Å². The van der Waals surface area contributed by atoms with Crippen LogP contribution in [0, 0.1) is 0 Å². The molecule has 0 spiro atoms. The third-order valence-corrected chi connectivity index (χ3v) is 6.18. The van der Waals surface area contributed by atoms with Crippen molar-refractivity contribution in [2.45, 2.75) is 16.3 Å². The van der Waals surface area contributed by atoms with Crippen LogP contribution >= 0.6 is 0 Å². The first-order valence-electron chi connectivity index (χ1n) is 8.64. The highest BCUT2D eigenvalue weighted by Gasteiger charge is 2.17. The van der Waals surface area contributed by atoms with Gasteiger partial charge in [0.15, 0.2) is 0 Å². The molecule has 7 heteroatoms. The van der Waals surface area contributed by atoms with Crippen molar-refractivity contribution in [1.29, 1.82) is 0 Å². The van der Waals surface area contributed by atoms with E-state index in [0.717, 1.165) is 11.2 Å². The Labute approximate surface area is 162 Å². The Hall–Kier alpha value is -3.45. The number of carbonyl (C=O) groups is 1. The summed E-state index contributed by atoms with van der Waals surface area (Å²) in [5.41, 5.74) is 2.13. The second-order valence-electron chi connectivity index (χ2n) is 6.25. The van der Waals surface area contributed by atoms with Crippen molar-refractivity contribution in [3.05, 3.63) is 96.4 Å². The van der Waals surface area contributed by atoms with Gasteiger partial charge in [-0.1, -0.05) is 18.2 Å². The molecule has 1 amide bonds. The average Bonchev–Trinajstić information content (AvgIpc) is 3.20. The lowest BCUT2D eigenvalue weighted by Crippen LogP contribution is -2.22. The first-order valence-corrected chi connectivity index (χ1v) is 10.1. The van der Waals surface area contributed by atoms with E-state index in [-0.39, 0.29) is 15.7 Å². The van der Waals surface area contributed by atoms with Crippen molar-refractivity contribution in [3.8, 4) is 0 Å². The highest BCUT2D eigenvalue weighted by Crippen LogP contribution is 2.20. The van der Waals surface area contributed by atoms with Gasteiger partial charge in [-0.15, -0.1) is 0 Å². The fraction of sp³-hybridized carbons (Fsp3) is 0.0476. The zero-order chi connectivity index (χ0) is 19.6. The fourth-order valence-corrected chi connectivity index (χ4v) is 4.15. The molecular formula is C21H17N3O3S. The molecular weight excluding hydrogens is 374 g/mol. The lowest BCUT2D eigenvalue weighted by Gasteiger charge is -2.08. The minimum atomic E-state index is -3.59. The Morgan fingerprint density at radius 2 is 1.64 bits per heavy atom. The number of sulfone groups is 1. The molecule has 28 heavy (non-hydrogen) atoms. The van der Waals surface area contributed by atoms with E-state index in [1.807, 2.05) is 28.9 Å². The molecule has 2 aromatic carbocycles. The standard InChI is InChI=1S/C21H17N3O3S/c25-21(23-15-16-10-12-24-13-11-22-20(24)14-16)17-6-8-19(9-7-17)28(26,27)18-4-2-1-3-5-18/h1-14H,15H2,(H,23,25). The summed E-state index contributed by atoms with van der Waals surface area (Å²) < 4.78 is 27.1. The summed E-state index contributed by atoms with van der Waals surface area (Å²) in [5, 5.41) is 2.84. The average molecular weight is 391 g/mol. The Kier molecular flexibility index (Phi) is 4.67. The zero-order valence-corrected chi connectivity index (χ0v) is 15.6. The summed E-state index contributed by atoms with van der Waals surface area (Å²) in [7, 11) is -3.59. The lowest BCUT2D eigenvalue weighted by molar-refractivity contribution is 0.0951. The van der Waals surface area contributed by atoms with Crippen molar-refractivity contribution >= 4 is 21.4 Å². The van der Waals surface area contributed by atoms with Gasteiger partial charge >= 0.3 is 0 Å². The SMILES string of the molecule is O=C(NCc1ccn2ccnc2c1)c1ccc(S(=O)(=O)c2ccccc2)cc1. The molecule has 0 aliphatic carbocycles. The van der Waals surface area contributed by atoms with Crippen LogP contribution in [-0.2, 0) is 16.4 Å². The number of hydrogen-bond donors (Lipinski definition) is 1. The summed E-state index contributed by atoms with van der Waals surface area (Å²) in [6.45, 7) is 0.353. The summed E-state index contributed by atoms with van der Waals surface area (Å²) in [6.07, 6.45) is 5.44. The maximum absolute atomic E-state index is 12.6. The van der Waals surface area contributed by atoms with Crippen LogP contribution in [0.3, 0.4) is 0 Å². The van der Waals surface area contributed by atoms with Crippen LogP contribution in [0.1, 0.15) is 15.9 Å². The van der Waals surface area contributed by atoms with Crippen LogP contribution in [0.15, 0.2) is 95.1 Å². The Morgan fingerprint density at radius 1 is 0.929 bits per heavy atom. The van der Waals surface area contributed by atoms with Gasteiger partial charge in [0.2, 0.25) is 9.84 Å². The van der Waals surface area contributed by atoms with Gasteiger partial charge in [-0.3, -0.25) is 4.79 Å². The van der Waals surface area contributed by atoms with Crippen molar-refractivity contribution in [2.75, 3.05) is 0 Å². The van der Waals surface area contributed by atoms with E-state index in [1.165, 1.54) is 24.3 Å². The number of pyridine rings is 1. The number of carbonyl (C=O) groups excluding carboxylic acids is 1. The van der Waals surface area contributed by atoms with E-state index in [0.29, 0.717) is 12.1 Å². The maximum Gasteiger partial charge on any atom is 0.251 e. The van der Waals surface area contributed by atoms with Crippen LogP contribution in [-0.4, -0.2) is 23.7 Å². The first kappa shape index (κ1) is 17.9. The van der Waals surface area contributed by atoms with E-state index in [4.69, 9.17) is 0 Å². The molecule has 0 aliphatic rings. The predicted molar refractivity (Wildman–Crippen MR) is 105 cm³/mol. The molecule has 4 aromatic rings. The number of nitrogens with one attached hydrogen (secondary N) is 1. The second-order valence-corrected chi connectivity index (χ2v) is 8.20. The maximum atomic E-state index is 12.6. The number of benzene rings is 2. The summed E-state index contributed by atoms with van der Waals surface area (Å²) >= 11 is 0. The topological polar surface area (TPSA) is 80.5 Å². The molecule has 0 bridgehead atoms. The van der Waals surface area contributed by atoms with Crippen LogP contribution in [0.2, 0.25) is 0 Å². The largest absolute Gasteiger partial charge is 0.348 e. The molecule has 2 heterocycles. The Morgan fingerprint density at radius 3 is 2.39 bits per heavy atom. The molecule has 1 N–H and O–H groups in total. The number of rotatable bonds is 5. The number of hydrogen-bond acceptors (Lipinski definition) is 4. The molecule has 4 rings (SSSR count).